The lowest BCUT2D eigenvalue weighted by atomic mass is 10.0. The molecular weight excluding hydrogens is 412 g/mol. The molecule has 0 unspecified atom stereocenters. The summed E-state index contributed by atoms with van der Waals surface area (Å²) < 4.78 is 11.1. The summed E-state index contributed by atoms with van der Waals surface area (Å²) in [5.41, 5.74) is 1.94. The first kappa shape index (κ1) is 21.3. The van der Waals surface area contributed by atoms with Crippen molar-refractivity contribution >= 4 is 39.0 Å². The number of benzene rings is 2. The van der Waals surface area contributed by atoms with Gasteiger partial charge in [-0.05, 0) is 49.7 Å². The number of likely N-dealkylation sites (N-methyl/N-ethyl adjacent to an activating group) is 1. The second kappa shape index (κ2) is 9.08. The highest BCUT2D eigenvalue weighted by Gasteiger charge is 2.29. The van der Waals surface area contributed by atoms with Crippen LogP contribution in [0.1, 0.15) is 45.0 Å². The molecule has 6 nitrogen and oxygen atoms in total. The molecule has 1 aliphatic heterocycles. The molecule has 0 aliphatic carbocycles. The van der Waals surface area contributed by atoms with Crippen LogP contribution in [0.15, 0.2) is 36.4 Å². The van der Waals surface area contributed by atoms with E-state index in [-0.39, 0.29) is 18.5 Å². The molecule has 1 N–H and O–H groups in total. The predicted octanol–water partition coefficient (Wildman–Crippen LogP) is 4.72. The lowest BCUT2D eigenvalue weighted by Crippen LogP contribution is -2.26. The third-order valence-corrected chi connectivity index (χ3v) is 6.50. The molecular formula is C24H26N2O4S. The third-order valence-electron chi connectivity index (χ3n) is 5.37. The Hall–Kier alpha value is -2.90. The van der Waals surface area contributed by atoms with Gasteiger partial charge in [-0.3, -0.25) is 4.79 Å². The van der Waals surface area contributed by atoms with Gasteiger partial charge in [0.1, 0.15) is 10.8 Å². The van der Waals surface area contributed by atoms with Crippen LogP contribution < -0.4 is 10.1 Å². The Morgan fingerprint density at radius 3 is 2.68 bits per heavy atom. The lowest BCUT2D eigenvalue weighted by Gasteiger charge is -2.22. The van der Waals surface area contributed by atoms with Gasteiger partial charge in [-0.1, -0.05) is 30.3 Å². The van der Waals surface area contributed by atoms with Gasteiger partial charge in [-0.15, -0.1) is 11.3 Å². The molecule has 2 heterocycles. The summed E-state index contributed by atoms with van der Waals surface area (Å²) in [6.07, 6.45) is 0.755. The molecule has 0 spiro atoms. The Balaban J connectivity index is 1.77. The smallest absolute Gasteiger partial charge is 0.341 e. The second-order valence-corrected chi connectivity index (χ2v) is 8.57. The summed E-state index contributed by atoms with van der Waals surface area (Å²) >= 11 is 1.45. The van der Waals surface area contributed by atoms with E-state index in [0.717, 1.165) is 40.7 Å². The minimum atomic E-state index is -0.386. The second-order valence-electron chi connectivity index (χ2n) is 7.46. The van der Waals surface area contributed by atoms with E-state index in [9.17, 15) is 9.59 Å². The Labute approximate surface area is 185 Å². The predicted molar refractivity (Wildman–Crippen MR) is 123 cm³/mol. The van der Waals surface area contributed by atoms with E-state index in [1.807, 2.05) is 43.3 Å². The number of nitrogens with one attached hydrogen (secondary N) is 1. The van der Waals surface area contributed by atoms with Crippen molar-refractivity contribution < 1.29 is 19.1 Å². The van der Waals surface area contributed by atoms with Crippen LogP contribution in [0.2, 0.25) is 0 Å². The summed E-state index contributed by atoms with van der Waals surface area (Å²) in [6, 6.07) is 11.5. The Morgan fingerprint density at radius 2 is 1.90 bits per heavy atom. The maximum absolute atomic E-state index is 13.5. The highest BCUT2D eigenvalue weighted by atomic mass is 32.1. The highest BCUT2D eigenvalue weighted by molar-refractivity contribution is 7.17. The molecule has 31 heavy (non-hydrogen) atoms. The summed E-state index contributed by atoms with van der Waals surface area (Å²) in [5.74, 6) is -0.155. The molecule has 2 aromatic carbocycles. The van der Waals surface area contributed by atoms with Gasteiger partial charge in [0.15, 0.2) is 0 Å². The van der Waals surface area contributed by atoms with Crippen LogP contribution >= 0.6 is 11.3 Å². The molecule has 0 bridgehead atoms. The Morgan fingerprint density at radius 1 is 1.10 bits per heavy atom. The van der Waals surface area contributed by atoms with Gasteiger partial charge in [0.25, 0.3) is 5.91 Å². The molecule has 0 saturated carbocycles. The van der Waals surface area contributed by atoms with Crippen molar-refractivity contribution in [2.75, 3.05) is 32.1 Å². The van der Waals surface area contributed by atoms with Crippen LogP contribution in [0, 0.1) is 0 Å². The van der Waals surface area contributed by atoms with E-state index in [1.54, 1.807) is 6.92 Å². The number of nitrogens with zero attached hydrogens (tertiary/aromatic N) is 1. The van der Waals surface area contributed by atoms with Crippen LogP contribution in [0.3, 0.4) is 0 Å². The van der Waals surface area contributed by atoms with Crippen LogP contribution in [-0.4, -0.2) is 43.6 Å². The average Bonchev–Trinajstić information content (AvgIpc) is 3.10. The Bertz CT molecular complexity index is 1140. The van der Waals surface area contributed by atoms with Crippen molar-refractivity contribution in [1.29, 1.82) is 0 Å². The Kier molecular flexibility index (Phi) is 6.25. The van der Waals surface area contributed by atoms with Crippen molar-refractivity contribution in [3.05, 3.63) is 58.0 Å². The summed E-state index contributed by atoms with van der Waals surface area (Å²) in [5, 5.41) is 5.31. The molecule has 0 atom stereocenters. The molecule has 1 amide bonds. The lowest BCUT2D eigenvalue weighted by molar-refractivity contribution is 0.0526. The SMILES string of the molecule is CCOC(=O)c1c(NC(=O)c2c(OCC)ccc3ccccc23)sc2c1CCN(C)C2. The number of thiophene rings is 1. The monoisotopic (exact) mass is 438 g/mol. The van der Waals surface area contributed by atoms with Crippen molar-refractivity contribution in [1.82, 2.24) is 4.90 Å². The zero-order valence-electron chi connectivity index (χ0n) is 18.0. The number of fused-ring (bicyclic) bond motifs is 2. The number of esters is 1. The van der Waals surface area contributed by atoms with E-state index >= 15 is 0 Å². The molecule has 1 aromatic heterocycles. The maximum atomic E-state index is 13.5. The number of hydrogen-bond donors (Lipinski definition) is 1. The number of anilines is 1. The quantitative estimate of drug-likeness (QED) is 0.564. The van der Waals surface area contributed by atoms with E-state index in [1.165, 1.54) is 11.3 Å². The van der Waals surface area contributed by atoms with Crippen molar-refractivity contribution in [3.63, 3.8) is 0 Å². The number of carbonyl (C=O) groups is 2. The van der Waals surface area contributed by atoms with E-state index in [0.29, 0.717) is 28.5 Å². The number of carbonyl (C=O) groups excluding carboxylic acids is 2. The summed E-state index contributed by atoms with van der Waals surface area (Å²) in [7, 11) is 2.05. The summed E-state index contributed by atoms with van der Waals surface area (Å²) in [6.45, 7) is 6.02. The van der Waals surface area contributed by atoms with Gasteiger partial charge in [-0.2, -0.15) is 0 Å². The third kappa shape index (κ3) is 4.16. The fourth-order valence-corrected chi connectivity index (χ4v) is 5.28. The van der Waals surface area contributed by atoms with E-state index < -0.39 is 0 Å². The fourth-order valence-electron chi connectivity index (χ4n) is 3.97. The first-order valence-corrected chi connectivity index (χ1v) is 11.3. The molecule has 0 saturated heterocycles. The van der Waals surface area contributed by atoms with Gasteiger partial charge < -0.3 is 19.7 Å². The molecule has 3 aromatic rings. The van der Waals surface area contributed by atoms with E-state index in [4.69, 9.17) is 9.47 Å². The number of rotatable bonds is 6. The minimum Gasteiger partial charge on any atom is -0.493 e. The van der Waals surface area contributed by atoms with Gasteiger partial charge in [0, 0.05) is 18.0 Å². The van der Waals surface area contributed by atoms with Gasteiger partial charge in [0.05, 0.1) is 24.3 Å². The van der Waals surface area contributed by atoms with Crippen LogP contribution in [0.25, 0.3) is 10.8 Å². The number of amides is 1. The first-order chi connectivity index (χ1) is 15.0. The van der Waals surface area contributed by atoms with Crippen LogP contribution in [0.4, 0.5) is 5.00 Å². The van der Waals surface area contributed by atoms with Gasteiger partial charge in [0.2, 0.25) is 0 Å². The maximum Gasteiger partial charge on any atom is 0.341 e. The zero-order chi connectivity index (χ0) is 22.0. The van der Waals surface area contributed by atoms with Gasteiger partial charge in [-0.25, -0.2) is 4.79 Å². The van der Waals surface area contributed by atoms with Crippen molar-refractivity contribution in [3.8, 4) is 5.75 Å². The van der Waals surface area contributed by atoms with Crippen LogP contribution in [0.5, 0.6) is 5.75 Å². The fraction of sp³-hybridized carbons (Fsp3) is 0.333. The first-order valence-electron chi connectivity index (χ1n) is 10.5. The van der Waals surface area contributed by atoms with Crippen molar-refractivity contribution in [2.45, 2.75) is 26.8 Å². The topological polar surface area (TPSA) is 67.9 Å². The molecule has 162 valence electrons. The molecule has 1 aliphatic rings. The molecule has 7 heteroatoms. The number of hydrogen-bond acceptors (Lipinski definition) is 6. The number of ether oxygens (including phenoxy) is 2. The van der Waals surface area contributed by atoms with E-state index in [2.05, 4.69) is 17.3 Å². The normalized spacial score (nSPS) is 13.6. The minimum absolute atomic E-state index is 0.286. The van der Waals surface area contributed by atoms with Crippen molar-refractivity contribution in [2.24, 2.45) is 0 Å². The highest BCUT2D eigenvalue weighted by Crippen LogP contribution is 2.38. The standard InChI is InChI=1S/C24H26N2O4S/c1-4-29-18-11-10-15-8-6-7-9-16(15)20(18)22(27)25-23-21(24(28)30-5-2)17-12-13-26(3)14-19(17)31-23/h6-11H,4-5,12-14H2,1-3H3,(H,25,27). The molecule has 0 fully saturated rings. The van der Waals surface area contributed by atoms with Crippen LogP contribution in [-0.2, 0) is 17.7 Å². The molecule has 0 radical (unpaired) electrons. The summed E-state index contributed by atoms with van der Waals surface area (Å²) in [4.78, 5) is 29.6. The van der Waals surface area contributed by atoms with Gasteiger partial charge >= 0.3 is 5.97 Å². The molecule has 4 rings (SSSR count). The largest absolute Gasteiger partial charge is 0.493 e. The average molecular weight is 439 g/mol. The zero-order valence-corrected chi connectivity index (χ0v) is 18.8.